The maximum absolute atomic E-state index is 5.67. The monoisotopic (exact) mass is 248 g/mol. The standard InChI is InChI=1S/C13H16N2OS/c1-7-5-10(13-15-11(14)6-17-13)8(2)9(3)12(7)16-4/h5-6H,14H2,1-4H3. The highest BCUT2D eigenvalue weighted by Crippen LogP contribution is 2.35. The molecule has 0 aliphatic carbocycles. The first-order valence-corrected chi connectivity index (χ1v) is 6.28. The highest BCUT2D eigenvalue weighted by Gasteiger charge is 2.13. The van der Waals surface area contributed by atoms with Crippen LogP contribution in [0.3, 0.4) is 0 Å². The normalized spacial score (nSPS) is 10.6. The second-order valence-corrected chi connectivity index (χ2v) is 4.96. The van der Waals surface area contributed by atoms with Crippen LogP contribution < -0.4 is 10.5 Å². The van der Waals surface area contributed by atoms with E-state index in [0.29, 0.717) is 5.82 Å². The quantitative estimate of drug-likeness (QED) is 0.886. The summed E-state index contributed by atoms with van der Waals surface area (Å²) in [4.78, 5) is 4.33. The van der Waals surface area contributed by atoms with Gasteiger partial charge in [-0.05, 0) is 43.5 Å². The number of aryl methyl sites for hydroxylation is 1. The van der Waals surface area contributed by atoms with E-state index in [2.05, 4.69) is 24.9 Å². The minimum absolute atomic E-state index is 0.579. The van der Waals surface area contributed by atoms with E-state index in [0.717, 1.165) is 27.4 Å². The number of thiazole rings is 1. The van der Waals surface area contributed by atoms with E-state index >= 15 is 0 Å². The zero-order valence-corrected chi connectivity index (χ0v) is 11.3. The molecule has 90 valence electrons. The average Bonchev–Trinajstić information content (AvgIpc) is 2.71. The Morgan fingerprint density at radius 1 is 1.24 bits per heavy atom. The first-order valence-electron chi connectivity index (χ1n) is 5.40. The molecular weight excluding hydrogens is 232 g/mol. The van der Waals surface area contributed by atoms with Gasteiger partial charge in [0.05, 0.1) is 7.11 Å². The Hall–Kier alpha value is -1.55. The van der Waals surface area contributed by atoms with Crippen LogP contribution in [0.25, 0.3) is 10.6 Å². The maximum atomic E-state index is 5.67. The highest BCUT2D eigenvalue weighted by atomic mass is 32.1. The van der Waals surface area contributed by atoms with Crippen LogP contribution >= 0.6 is 11.3 Å². The summed E-state index contributed by atoms with van der Waals surface area (Å²) in [5.74, 6) is 1.53. The molecule has 2 N–H and O–H groups in total. The van der Waals surface area contributed by atoms with Gasteiger partial charge in [-0.2, -0.15) is 0 Å². The predicted octanol–water partition coefficient (Wildman–Crippen LogP) is 3.33. The Balaban J connectivity index is 2.64. The third-order valence-corrected chi connectivity index (χ3v) is 3.88. The minimum atomic E-state index is 0.579. The van der Waals surface area contributed by atoms with Gasteiger partial charge >= 0.3 is 0 Å². The van der Waals surface area contributed by atoms with E-state index in [1.165, 1.54) is 5.56 Å². The van der Waals surface area contributed by atoms with Gasteiger partial charge in [-0.15, -0.1) is 11.3 Å². The van der Waals surface area contributed by atoms with E-state index in [-0.39, 0.29) is 0 Å². The third kappa shape index (κ3) is 2.00. The molecule has 1 heterocycles. The number of aromatic nitrogens is 1. The van der Waals surface area contributed by atoms with Crippen molar-refractivity contribution in [3.8, 4) is 16.3 Å². The molecule has 0 aliphatic rings. The topological polar surface area (TPSA) is 48.1 Å². The van der Waals surface area contributed by atoms with Crippen LogP contribution in [0.4, 0.5) is 5.82 Å². The van der Waals surface area contributed by atoms with Crippen molar-refractivity contribution < 1.29 is 4.74 Å². The Morgan fingerprint density at radius 3 is 2.47 bits per heavy atom. The molecule has 0 fully saturated rings. The summed E-state index contributed by atoms with van der Waals surface area (Å²) < 4.78 is 5.41. The number of rotatable bonds is 2. The number of anilines is 1. The van der Waals surface area contributed by atoms with Gasteiger partial charge in [0.1, 0.15) is 16.6 Å². The van der Waals surface area contributed by atoms with E-state index in [1.807, 2.05) is 12.3 Å². The second-order valence-electron chi connectivity index (χ2n) is 4.10. The number of benzene rings is 1. The fraction of sp³-hybridized carbons (Fsp3) is 0.308. The lowest BCUT2D eigenvalue weighted by atomic mass is 9.99. The molecular formula is C13H16N2OS. The van der Waals surface area contributed by atoms with Crippen molar-refractivity contribution in [1.82, 2.24) is 4.98 Å². The summed E-state index contributed by atoms with van der Waals surface area (Å²) in [5.41, 5.74) is 10.3. The van der Waals surface area contributed by atoms with Gasteiger partial charge in [-0.1, -0.05) is 0 Å². The van der Waals surface area contributed by atoms with Crippen LogP contribution in [0.2, 0.25) is 0 Å². The molecule has 3 nitrogen and oxygen atoms in total. The number of ether oxygens (including phenoxy) is 1. The molecule has 4 heteroatoms. The largest absolute Gasteiger partial charge is 0.496 e. The molecule has 0 saturated heterocycles. The summed E-state index contributed by atoms with van der Waals surface area (Å²) in [7, 11) is 1.70. The van der Waals surface area contributed by atoms with E-state index in [4.69, 9.17) is 10.5 Å². The Bertz CT molecular complexity index is 561. The van der Waals surface area contributed by atoms with Crippen molar-refractivity contribution in [3.05, 3.63) is 28.1 Å². The molecule has 0 atom stereocenters. The molecule has 0 aliphatic heterocycles. The first-order chi connectivity index (χ1) is 8.04. The molecule has 1 aromatic carbocycles. The van der Waals surface area contributed by atoms with Crippen LogP contribution in [0.5, 0.6) is 5.75 Å². The smallest absolute Gasteiger partial charge is 0.135 e. The summed E-state index contributed by atoms with van der Waals surface area (Å²) in [6.07, 6.45) is 0. The average molecular weight is 248 g/mol. The number of hydrogen-bond donors (Lipinski definition) is 1. The molecule has 2 aromatic rings. The molecule has 0 saturated carbocycles. The van der Waals surface area contributed by atoms with Crippen molar-refractivity contribution >= 4 is 17.2 Å². The van der Waals surface area contributed by atoms with Crippen LogP contribution in [-0.4, -0.2) is 12.1 Å². The first kappa shape index (κ1) is 11.9. The molecule has 1 aromatic heterocycles. The second kappa shape index (κ2) is 4.37. The SMILES string of the molecule is COc1c(C)cc(-c2nc(N)cs2)c(C)c1C. The summed E-state index contributed by atoms with van der Waals surface area (Å²) in [6.45, 7) is 6.21. The van der Waals surface area contributed by atoms with E-state index in [9.17, 15) is 0 Å². The van der Waals surface area contributed by atoms with Crippen LogP contribution in [-0.2, 0) is 0 Å². The number of nitrogen functional groups attached to an aromatic ring is 1. The minimum Gasteiger partial charge on any atom is -0.496 e. The third-order valence-electron chi connectivity index (χ3n) is 2.98. The van der Waals surface area contributed by atoms with Crippen molar-refractivity contribution in [2.75, 3.05) is 12.8 Å². The molecule has 0 unspecified atom stereocenters. The highest BCUT2D eigenvalue weighted by molar-refractivity contribution is 7.13. The molecule has 0 bridgehead atoms. The Labute approximate surface area is 105 Å². The number of methoxy groups -OCH3 is 1. The fourth-order valence-electron chi connectivity index (χ4n) is 2.00. The Morgan fingerprint density at radius 2 is 1.94 bits per heavy atom. The van der Waals surface area contributed by atoms with Gasteiger partial charge in [-0.25, -0.2) is 4.98 Å². The summed E-state index contributed by atoms with van der Waals surface area (Å²) in [6, 6.07) is 2.11. The molecule has 0 spiro atoms. The van der Waals surface area contributed by atoms with Crippen LogP contribution in [0.15, 0.2) is 11.4 Å². The molecule has 17 heavy (non-hydrogen) atoms. The van der Waals surface area contributed by atoms with E-state index in [1.54, 1.807) is 18.4 Å². The van der Waals surface area contributed by atoms with Gasteiger partial charge in [-0.3, -0.25) is 0 Å². The zero-order valence-electron chi connectivity index (χ0n) is 10.5. The van der Waals surface area contributed by atoms with Crippen molar-refractivity contribution in [2.45, 2.75) is 20.8 Å². The zero-order chi connectivity index (χ0) is 12.6. The van der Waals surface area contributed by atoms with Gasteiger partial charge in [0, 0.05) is 10.9 Å². The number of nitrogens with two attached hydrogens (primary N) is 1. The summed E-state index contributed by atoms with van der Waals surface area (Å²) in [5, 5.41) is 2.83. The fourth-order valence-corrected chi connectivity index (χ4v) is 2.79. The van der Waals surface area contributed by atoms with Crippen LogP contribution in [0.1, 0.15) is 16.7 Å². The van der Waals surface area contributed by atoms with Gasteiger partial charge in [0.15, 0.2) is 0 Å². The molecule has 0 radical (unpaired) electrons. The lowest BCUT2D eigenvalue weighted by Gasteiger charge is -2.14. The number of hydrogen-bond acceptors (Lipinski definition) is 4. The van der Waals surface area contributed by atoms with Crippen molar-refractivity contribution in [3.63, 3.8) is 0 Å². The number of nitrogens with zero attached hydrogens (tertiary/aromatic N) is 1. The lowest BCUT2D eigenvalue weighted by molar-refractivity contribution is 0.408. The van der Waals surface area contributed by atoms with E-state index < -0.39 is 0 Å². The summed E-state index contributed by atoms with van der Waals surface area (Å²) >= 11 is 1.57. The molecule has 0 amide bonds. The Kier molecular flexibility index (Phi) is 3.07. The van der Waals surface area contributed by atoms with Crippen LogP contribution in [0, 0.1) is 20.8 Å². The predicted molar refractivity (Wildman–Crippen MR) is 72.7 cm³/mol. The molecule has 2 rings (SSSR count). The van der Waals surface area contributed by atoms with Gasteiger partial charge in [0.25, 0.3) is 0 Å². The van der Waals surface area contributed by atoms with Gasteiger partial charge in [0.2, 0.25) is 0 Å². The van der Waals surface area contributed by atoms with Crippen molar-refractivity contribution in [1.29, 1.82) is 0 Å². The lowest BCUT2D eigenvalue weighted by Crippen LogP contribution is -1.96. The maximum Gasteiger partial charge on any atom is 0.135 e. The van der Waals surface area contributed by atoms with Crippen molar-refractivity contribution in [2.24, 2.45) is 0 Å². The van der Waals surface area contributed by atoms with Gasteiger partial charge < -0.3 is 10.5 Å².